The third kappa shape index (κ3) is 3.05. The Hall–Kier alpha value is -2.78. The summed E-state index contributed by atoms with van der Waals surface area (Å²) in [5, 5.41) is 12.7. The smallest absolute Gasteiger partial charge is 0.213 e. The molecule has 114 valence electrons. The number of nitriles is 1. The summed E-state index contributed by atoms with van der Waals surface area (Å²) in [5.74, 6) is -1.17. The van der Waals surface area contributed by atoms with E-state index in [2.05, 4.69) is 15.3 Å². The molecule has 3 aromatic rings. The third-order valence-corrected chi connectivity index (χ3v) is 3.58. The standard InChI is InChI=1S/C16H9ClF2N4/c17-12-3-9(1-2-13(12)18)6-23-16-10(5-20)7-21-14-8-22-15(19)4-11(14)16/h1-4,7-8H,6H2,(H,21,23). The van der Waals surface area contributed by atoms with Crippen molar-refractivity contribution in [2.24, 2.45) is 0 Å². The summed E-state index contributed by atoms with van der Waals surface area (Å²) in [6.45, 7) is 0.289. The second-order valence-electron chi connectivity index (χ2n) is 4.78. The molecular weight excluding hydrogens is 322 g/mol. The van der Waals surface area contributed by atoms with Gasteiger partial charge in [0.1, 0.15) is 11.9 Å². The van der Waals surface area contributed by atoms with Gasteiger partial charge in [-0.05, 0) is 17.7 Å². The van der Waals surface area contributed by atoms with Crippen LogP contribution >= 0.6 is 11.6 Å². The second kappa shape index (κ2) is 6.15. The number of anilines is 1. The highest BCUT2D eigenvalue weighted by Crippen LogP contribution is 2.26. The molecule has 0 aliphatic heterocycles. The zero-order valence-corrected chi connectivity index (χ0v) is 12.4. The van der Waals surface area contributed by atoms with Crippen LogP contribution in [0.3, 0.4) is 0 Å². The number of rotatable bonds is 3. The number of hydrogen-bond acceptors (Lipinski definition) is 4. The summed E-state index contributed by atoms with van der Waals surface area (Å²) in [4.78, 5) is 7.62. The van der Waals surface area contributed by atoms with Gasteiger partial charge in [0.15, 0.2) is 0 Å². The van der Waals surface area contributed by atoms with E-state index in [-0.39, 0.29) is 17.1 Å². The van der Waals surface area contributed by atoms with Crippen molar-refractivity contribution in [1.82, 2.24) is 9.97 Å². The predicted octanol–water partition coefficient (Wildman–Crippen LogP) is 4.05. The fourth-order valence-electron chi connectivity index (χ4n) is 2.18. The molecule has 0 radical (unpaired) electrons. The first-order chi connectivity index (χ1) is 11.1. The van der Waals surface area contributed by atoms with Crippen LogP contribution in [0.2, 0.25) is 5.02 Å². The van der Waals surface area contributed by atoms with E-state index in [0.717, 1.165) is 5.56 Å². The highest BCUT2D eigenvalue weighted by molar-refractivity contribution is 6.30. The molecule has 7 heteroatoms. The van der Waals surface area contributed by atoms with Gasteiger partial charge in [-0.15, -0.1) is 0 Å². The molecule has 2 heterocycles. The van der Waals surface area contributed by atoms with Gasteiger partial charge in [0, 0.05) is 24.2 Å². The van der Waals surface area contributed by atoms with Crippen LogP contribution in [-0.2, 0) is 6.54 Å². The van der Waals surface area contributed by atoms with E-state index in [1.807, 2.05) is 6.07 Å². The van der Waals surface area contributed by atoms with Gasteiger partial charge in [-0.2, -0.15) is 9.65 Å². The number of nitrogens with one attached hydrogen (secondary N) is 1. The Morgan fingerprint density at radius 2 is 2.00 bits per heavy atom. The van der Waals surface area contributed by atoms with Gasteiger partial charge >= 0.3 is 0 Å². The maximum absolute atomic E-state index is 13.4. The monoisotopic (exact) mass is 330 g/mol. The molecule has 0 fully saturated rings. The largest absolute Gasteiger partial charge is 0.379 e. The van der Waals surface area contributed by atoms with Crippen LogP contribution in [-0.4, -0.2) is 9.97 Å². The first kappa shape index (κ1) is 15.1. The molecule has 0 spiro atoms. The lowest BCUT2D eigenvalue weighted by Gasteiger charge is -2.11. The normalized spacial score (nSPS) is 10.5. The van der Waals surface area contributed by atoms with E-state index in [1.54, 1.807) is 6.07 Å². The first-order valence-corrected chi connectivity index (χ1v) is 6.98. The Kier molecular flexibility index (Phi) is 4.04. The molecule has 0 bridgehead atoms. The van der Waals surface area contributed by atoms with Gasteiger partial charge < -0.3 is 5.32 Å². The van der Waals surface area contributed by atoms with Crippen molar-refractivity contribution in [2.45, 2.75) is 6.54 Å². The minimum Gasteiger partial charge on any atom is -0.379 e. The van der Waals surface area contributed by atoms with Crippen LogP contribution in [0, 0.1) is 23.1 Å². The van der Waals surface area contributed by atoms with Crippen molar-refractivity contribution in [3.63, 3.8) is 0 Å². The average molecular weight is 331 g/mol. The molecule has 0 aliphatic carbocycles. The molecule has 0 atom stereocenters. The van der Waals surface area contributed by atoms with Gasteiger partial charge in [0.05, 0.1) is 28.0 Å². The minimum atomic E-state index is -0.665. The highest BCUT2D eigenvalue weighted by atomic mass is 35.5. The van der Waals surface area contributed by atoms with Gasteiger partial charge in [-0.3, -0.25) is 4.98 Å². The van der Waals surface area contributed by atoms with E-state index in [9.17, 15) is 14.0 Å². The van der Waals surface area contributed by atoms with E-state index >= 15 is 0 Å². The molecule has 1 N–H and O–H groups in total. The van der Waals surface area contributed by atoms with Crippen LogP contribution in [0.1, 0.15) is 11.1 Å². The Morgan fingerprint density at radius 1 is 1.17 bits per heavy atom. The van der Waals surface area contributed by atoms with Gasteiger partial charge in [-0.25, -0.2) is 9.37 Å². The van der Waals surface area contributed by atoms with Crippen molar-refractivity contribution in [3.8, 4) is 6.07 Å². The molecule has 23 heavy (non-hydrogen) atoms. The summed E-state index contributed by atoms with van der Waals surface area (Å²) >= 11 is 5.75. The molecule has 1 aromatic carbocycles. The molecule has 0 amide bonds. The molecule has 0 aliphatic rings. The summed E-state index contributed by atoms with van der Waals surface area (Å²) in [7, 11) is 0. The Labute approximate surface area is 135 Å². The number of nitrogens with zero attached hydrogens (tertiary/aromatic N) is 3. The lowest BCUT2D eigenvalue weighted by Crippen LogP contribution is -2.03. The van der Waals surface area contributed by atoms with Gasteiger partial charge in [-0.1, -0.05) is 17.7 Å². The minimum absolute atomic E-state index is 0.0136. The Morgan fingerprint density at radius 3 is 2.74 bits per heavy atom. The first-order valence-electron chi connectivity index (χ1n) is 6.60. The van der Waals surface area contributed by atoms with Crippen LogP contribution in [0.4, 0.5) is 14.5 Å². The second-order valence-corrected chi connectivity index (χ2v) is 5.19. The highest BCUT2D eigenvalue weighted by Gasteiger charge is 2.11. The lowest BCUT2D eigenvalue weighted by molar-refractivity contribution is 0.586. The lowest BCUT2D eigenvalue weighted by atomic mass is 10.1. The topological polar surface area (TPSA) is 61.6 Å². The Bertz CT molecular complexity index is 937. The third-order valence-electron chi connectivity index (χ3n) is 3.29. The molecule has 2 aromatic heterocycles. The quantitative estimate of drug-likeness (QED) is 0.736. The number of hydrogen-bond donors (Lipinski definition) is 1. The van der Waals surface area contributed by atoms with E-state index in [1.165, 1.54) is 30.6 Å². The summed E-state index contributed by atoms with van der Waals surface area (Å²) in [6, 6.07) is 7.55. The van der Waals surface area contributed by atoms with Crippen molar-refractivity contribution >= 4 is 28.2 Å². The molecule has 0 saturated heterocycles. The molecule has 4 nitrogen and oxygen atoms in total. The van der Waals surface area contributed by atoms with Crippen LogP contribution in [0.5, 0.6) is 0 Å². The summed E-state index contributed by atoms with van der Waals surface area (Å²) in [6.07, 6.45) is 2.69. The molecule has 3 rings (SSSR count). The summed E-state index contributed by atoms with van der Waals surface area (Å²) in [5.41, 5.74) is 1.90. The van der Waals surface area contributed by atoms with Crippen molar-refractivity contribution < 1.29 is 8.78 Å². The van der Waals surface area contributed by atoms with Crippen molar-refractivity contribution in [1.29, 1.82) is 5.26 Å². The van der Waals surface area contributed by atoms with Crippen LogP contribution < -0.4 is 5.32 Å². The van der Waals surface area contributed by atoms with Gasteiger partial charge in [0.25, 0.3) is 0 Å². The van der Waals surface area contributed by atoms with E-state index in [4.69, 9.17) is 11.6 Å². The zero-order chi connectivity index (χ0) is 16.4. The fourth-order valence-corrected chi connectivity index (χ4v) is 2.39. The van der Waals surface area contributed by atoms with Crippen LogP contribution in [0.15, 0.2) is 36.7 Å². The molecule has 0 saturated carbocycles. The number of aromatic nitrogens is 2. The molecule has 0 unspecified atom stereocenters. The zero-order valence-electron chi connectivity index (χ0n) is 11.6. The van der Waals surface area contributed by atoms with Crippen molar-refractivity contribution in [3.05, 3.63) is 64.6 Å². The SMILES string of the molecule is N#Cc1cnc2cnc(F)cc2c1NCc1ccc(F)c(Cl)c1. The summed E-state index contributed by atoms with van der Waals surface area (Å²) < 4.78 is 26.6. The maximum Gasteiger partial charge on any atom is 0.213 e. The number of fused-ring (bicyclic) bond motifs is 1. The number of benzene rings is 1. The fraction of sp³-hybridized carbons (Fsp3) is 0.0625. The average Bonchev–Trinajstić information content (AvgIpc) is 2.55. The number of halogens is 3. The van der Waals surface area contributed by atoms with Gasteiger partial charge in [0.2, 0.25) is 5.95 Å². The molecular formula is C16H9ClF2N4. The maximum atomic E-state index is 13.4. The van der Waals surface area contributed by atoms with E-state index in [0.29, 0.717) is 16.6 Å². The number of pyridine rings is 2. The van der Waals surface area contributed by atoms with E-state index < -0.39 is 11.8 Å². The predicted molar refractivity (Wildman–Crippen MR) is 82.9 cm³/mol. The Balaban J connectivity index is 1.99. The van der Waals surface area contributed by atoms with Crippen molar-refractivity contribution in [2.75, 3.05) is 5.32 Å². The van der Waals surface area contributed by atoms with Crippen LogP contribution in [0.25, 0.3) is 10.9 Å².